The number of nitrogens with one attached hydrogen (secondary N) is 1. The Labute approximate surface area is 165 Å². The zero-order chi connectivity index (χ0) is 19.4. The van der Waals surface area contributed by atoms with Crippen molar-refractivity contribution in [2.45, 2.75) is 27.2 Å². The Balaban J connectivity index is 1.73. The highest BCUT2D eigenvalue weighted by molar-refractivity contribution is 7.16. The van der Waals surface area contributed by atoms with Crippen molar-refractivity contribution in [2.75, 3.05) is 11.9 Å². The number of ether oxygens (including phenoxy) is 1. The third-order valence-electron chi connectivity index (χ3n) is 3.92. The standard InChI is InChI=1S/C19H19N3O3S2/c1-4-25-19(24)16-11(2)12(3)27-18(16)22-15(23)8-14-10-26-17(21-14)13-6-5-7-20-9-13/h5-7,9-10H,4,8H2,1-3H3,(H,22,23). The Morgan fingerprint density at radius 1 is 1.30 bits per heavy atom. The lowest BCUT2D eigenvalue weighted by atomic mass is 10.1. The highest BCUT2D eigenvalue weighted by Crippen LogP contribution is 2.33. The Morgan fingerprint density at radius 3 is 2.81 bits per heavy atom. The van der Waals surface area contributed by atoms with E-state index >= 15 is 0 Å². The number of carbonyl (C=O) groups is 2. The second-order valence-corrected chi connectivity index (χ2v) is 7.90. The Morgan fingerprint density at radius 2 is 2.11 bits per heavy atom. The average molecular weight is 402 g/mol. The van der Waals surface area contributed by atoms with Crippen LogP contribution >= 0.6 is 22.7 Å². The van der Waals surface area contributed by atoms with Crippen molar-refractivity contribution >= 4 is 39.6 Å². The van der Waals surface area contributed by atoms with Crippen molar-refractivity contribution in [3.63, 3.8) is 0 Å². The van der Waals surface area contributed by atoms with Crippen LogP contribution < -0.4 is 5.32 Å². The number of hydrogen-bond donors (Lipinski definition) is 1. The number of hydrogen-bond acceptors (Lipinski definition) is 7. The number of rotatable bonds is 6. The molecule has 3 aromatic heterocycles. The van der Waals surface area contributed by atoms with Crippen LogP contribution in [0.25, 0.3) is 10.6 Å². The van der Waals surface area contributed by atoms with E-state index in [9.17, 15) is 9.59 Å². The lowest BCUT2D eigenvalue weighted by molar-refractivity contribution is -0.115. The number of esters is 1. The molecule has 0 unspecified atom stereocenters. The fourth-order valence-corrected chi connectivity index (χ4v) is 4.38. The molecule has 0 aromatic carbocycles. The first-order valence-corrected chi connectivity index (χ1v) is 10.1. The van der Waals surface area contributed by atoms with Gasteiger partial charge in [-0.2, -0.15) is 0 Å². The zero-order valence-corrected chi connectivity index (χ0v) is 16.9. The second kappa shape index (κ2) is 8.41. The van der Waals surface area contributed by atoms with Crippen LogP contribution in [0.15, 0.2) is 29.9 Å². The zero-order valence-electron chi connectivity index (χ0n) is 15.2. The third kappa shape index (κ3) is 4.40. The van der Waals surface area contributed by atoms with Gasteiger partial charge in [0, 0.05) is 28.2 Å². The van der Waals surface area contributed by atoms with Crippen LogP contribution in [-0.4, -0.2) is 28.5 Å². The molecule has 0 fully saturated rings. The van der Waals surface area contributed by atoms with Gasteiger partial charge >= 0.3 is 5.97 Å². The second-order valence-electron chi connectivity index (χ2n) is 5.82. The minimum atomic E-state index is -0.415. The summed E-state index contributed by atoms with van der Waals surface area (Å²) in [5, 5.41) is 6.04. The van der Waals surface area contributed by atoms with Crippen LogP contribution in [0.5, 0.6) is 0 Å². The topological polar surface area (TPSA) is 81.2 Å². The van der Waals surface area contributed by atoms with E-state index in [-0.39, 0.29) is 18.9 Å². The first-order valence-electron chi connectivity index (χ1n) is 8.41. The van der Waals surface area contributed by atoms with E-state index < -0.39 is 5.97 Å². The predicted octanol–water partition coefficient (Wildman–Crippen LogP) is 4.24. The summed E-state index contributed by atoms with van der Waals surface area (Å²) in [5.41, 5.74) is 2.87. The highest BCUT2D eigenvalue weighted by Gasteiger charge is 2.22. The molecular weight excluding hydrogens is 382 g/mol. The van der Waals surface area contributed by atoms with Crippen LogP contribution in [0, 0.1) is 13.8 Å². The Hall–Kier alpha value is -2.58. The molecule has 140 valence electrons. The van der Waals surface area contributed by atoms with Crippen LogP contribution in [-0.2, 0) is 16.0 Å². The lowest BCUT2D eigenvalue weighted by Crippen LogP contribution is -2.16. The van der Waals surface area contributed by atoms with Crippen LogP contribution in [0.2, 0.25) is 0 Å². The van der Waals surface area contributed by atoms with Crippen molar-refractivity contribution in [1.29, 1.82) is 0 Å². The lowest BCUT2D eigenvalue weighted by Gasteiger charge is -2.06. The van der Waals surface area contributed by atoms with Crippen molar-refractivity contribution in [3.05, 3.63) is 51.6 Å². The smallest absolute Gasteiger partial charge is 0.341 e. The molecule has 0 radical (unpaired) electrons. The molecule has 3 rings (SSSR count). The number of anilines is 1. The molecule has 0 spiro atoms. The summed E-state index contributed by atoms with van der Waals surface area (Å²) in [6.07, 6.45) is 3.58. The Bertz CT molecular complexity index is 964. The van der Waals surface area contributed by atoms with Gasteiger partial charge in [0.2, 0.25) is 5.91 Å². The van der Waals surface area contributed by atoms with E-state index in [1.807, 2.05) is 31.4 Å². The summed E-state index contributed by atoms with van der Waals surface area (Å²) < 4.78 is 5.11. The molecule has 8 heteroatoms. The molecular formula is C19H19N3O3S2. The molecule has 0 saturated carbocycles. The van der Waals surface area contributed by atoms with Gasteiger partial charge in [-0.25, -0.2) is 9.78 Å². The maximum Gasteiger partial charge on any atom is 0.341 e. The number of pyridine rings is 1. The van der Waals surface area contributed by atoms with Crippen molar-refractivity contribution in [3.8, 4) is 10.6 Å². The molecule has 0 saturated heterocycles. The molecule has 3 heterocycles. The van der Waals surface area contributed by atoms with Crippen LogP contribution in [0.4, 0.5) is 5.00 Å². The number of aromatic nitrogens is 2. The predicted molar refractivity (Wildman–Crippen MR) is 107 cm³/mol. The molecule has 0 aliphatic heterocycles. The molecule has 1 amide bonds. The maximum absolute atomic E-state index is 12.5. The molecule has 27 heavy (non-hydrogen) atoms. The summed E-state index contributed by atoms with van der Waals surface area (Å²) >= 11 is 2.85. The molecule has 0 aliphatic carbocycles. The van der Waals surface area contributed by atoms with Crippen LogP contribution in [0.1, 0.15) is 33.4 Å². The van der Waals surface area contributed by atoms with Gasteiger partial charge < -0.3 is 10.1 Å². The maximum atomic E-state index is 12.5. The van der Waals surface area contributed by atoms with Gasteiger partial charge in [-0.3, -0.25) is 9.78 Å². The summed E-state index contributed by atoms with van der Waals surface area (Å²) in [6.45, 7) is 5.82. The number of carbonyl (C=O) groups excluding carboxylic acids is 2. The third-order valence-corrected chi connectivity index (χ3v) is 5.98. The largest absolute Gasteiger partial charge is 0.462 e. The fourth-order valence-electron chi connectivity index (χ4n) is 2.51. The number of thiazole rings is 1. The number of amides is 1. The van der Waals surface area contributed by atoms with Crippen LogP contribution in [0.3, 0.4) is 0 Å². The van der Waals surface area contributed by atoms with Gasteiger partial charge in [0.1, 0.15) is 10.0 Å². The minimum absolute atomic E-state index is 0.134. The number of nitrogens with zero attached hydrogens (tertiary/aromatic N) is 2. The van der Waals surface area contributed by atoms with Crippen molar-refractivity contribution in [1.82, 2.24) is 9.97 Å². The molecule has 0 atom stereocenters. The SMILES string of the molecule is CCOC(=O)c1c(NC(=O)Cc2csc(-c3cccnc3)n2)sc(C)c1C. The number of thiophene rings is 1. The molecule has 3 aromatic rings. The monoisotopic (exact) mass is 401 g/mol. The van der Waals surface area contributed by atoms with Gasteiger partial charge in [0.15, 0.2) is 0 Å². The van der Waals surface area contributed by atoms with E-state index in [4.69, 9.17) is 4.74 Å². The summed E-state index contributed by atoms with van der Waals surface area (Å²) in [5.74, 6) is -0.632. The first kappa shape index (κ1) is 19.2. The number of aryl methyl sites for hydroxylation is 1. The normalized spacial score (nSPS) is 10.6. The summed E-state index contributed by atoms with van der Waals surface area (Å²) in [6, 6.07) is 3.78. The highest BCUT2D eigenvalue weighted by atomic mass is 32.1. The van der Waals surface area contributed by atoms with Gasteiger partial charge in [-0.15, -0.1) is 22.7 Å². The fraction of sp³-hybridized carbons (Fsp3) is 0.263. The van der Waals surface area contributed by atoms with E-state index in [0.717, 1.165) is 21.0 Å². The van der Waals surface area contributed by atoms with Gasteiger partial charge in [-0.1, -0.05) is 0 Å². The molecule has 1 N–H and O–H groups in total. The van der Waals surface area contributed by atoms with Gasteiger partial charge in [-0.05, 0) is 38.5 Å². The van der Waals surface area contributed by atoms with Crippen molar-refractivity contribution < 1.29 is 14.3 Å². The first-order chi connectivity index (χ1) is 13.0. The molecule has 0 aliphatic rings. The molecule has 6 nitrogen and oxygen atoms in total. The average Bonchev–Trinajstić information content (AvgIpc) is 3.21. The van der Waals surface area contributed by atoms with E-state index in [1.165, 1.54) is 22.7 Å². The van der Waals surface area contributed by atoms with Crippen molar-refractivity contribution in [2.24, 2.45) is 0 Å². The van der Waals surface area contributed by atoms with Gasteiger partial charge in [0.25, 0.3) is 0 Å². The van der Waals surface area contributed by atoms with Gasteiger partial charge in [0.05, 0.1) is 24.3 Å². The summed E-state index contributed by atoms with van der Waals surface area (Å²) in [7, 11) is 0. The van der Waals surface area contributed by atoms with E-state index in [2.05, 4.69) is 15.3 Å². The van der Waals surface area contributed by atoms with E-state index in [1.54, 1.807) is 19.3 Å². The summed E-state index contributed by atoms with van der Waals surface area (Å²) in [4.78, 5) is 34.3. The minimum Gasteiger partial charge on any atom is -0.462 e. The van der Waals surface area contributed by atoms with E-state index in [0.29, 0.717) is 16.3 Å². The molecule has 0 bridgehead atoms. The Kier molecular flexibility index (Phi) is 5.98. The quantitative estimate of drug-likeness (QED) is 0.625.